The standard InChI is InChI=1S/C14H17ClO3/c1-8-5-11(14(18-2)12(15)6-8)10(7-13(16)17)9-3-4-9/h5-6,9-10H,3-4,7H2,1-2H3,(H,16,17). The number of carbonyl (C=O) groups is 1. The van der Waals surface area contributed by atoms with Crippen LogP contribution in [0.5, 0.6) is 5.75 Å². The van der Waals surface area contributed by atoms with Gasteiger partial charge in [0.05, 0.1) is 18.6 Å². The SMILES string of the molecule is COc1c(Cl)cc(C)cc1C(CC(=O)O)C1CC1. The minimum absolute atomic E-state index is 0.00912. The number of aliphatic carboxylic acids is 1. The second-order valence-corrected chi connectivity index (χ2v) is 5.32. The van der Waals surface area contributed by atoms with E-state index in [1.807, 2.05) is 19.1 Å². The Hall–Kier alpha value is -1.22. The summed E-state index contributed by atoms with van der Waals surface area (Å²) in [6, 6.07) is 3.84. The van der Waals surface area contributed by atoms with Gasteiger partial charge in [0.15, 0.2) is 0 Å². The molecule has 1 fully saturated rings. The third kappa shape index (κ3) is 2.78. The third-order valence-electron chi connectivity index (χ3n) is 3.41. The van der Waals surface area contributed by atoms with Gasteiger partial charge in [-0.05, 0) is 42.9 Å². The summed E-state index contributed by atoms with van der Waals surface area (Å²) in [5, 5.41) is 9.61. The molecule has 1 unspecified atom stereocenters. The lowest BCUT2D eigenvalue weighted by Crippen LogP contribution is -2.10. The Kier molecular flexibility index (Phi) is 3.81. The van der Waals surface area contributed by atoms with Crippen molar-refractivity contribution in [2.24, 2.45) is 5.92 Å². The Labute approximate surface area is 112 Å². The predicted molar refractivity (Wildman–Crippen MR) is 70.5 cm³/mol. The van der Waals surface area contributed by atoms with Crippen LogP contribution in [0.15, 0.2) is 12.1 Å². The maximum atomic E-state index is 11.0. The number of benzene rings is 1. The van der Waals surface area contributed by atoms with Gasteiger partial charge >= 0.3 is 5.97 Å². The van der Waals surface area contributed by atoms with Crippen molar-refractivity contribution in [2.75, 3.05) is 7.11 Å². The van der Waals surface area contributed by atoms with Gasteiger partial charge in [0, 0.05) is 5.92 Å². The maximum Gasteiger partial charge on any atom is 0.303 e. The van der Waals surface area contributed by atoms with Gasteiger partial charge in [0.2, 0.25) is 0 Å². The molecule has 4 heteroatoms. The zero-order chi connectivity index (χ0) is 13.3. The van der Waals surface area contributed by atoms with Gasteiger partial charge < -0.3 is 9.84 Å². The summed E-state index contributed by atoms with van der Waals surface area (Å²) in [6.07, 6.45) is 2.32. The molecule has 1 aromatic rings. The number of methoxy groups -OCH3 is 1. The quantitative estimate of drug-likeness (QED) is 0.887. The monoisotopic (exact) mass is 268 g/mol. The first-order chi connectivity index (χ1) is 8.52. The number of aryl methyl sites for hydroxylation is 1. The molecule has 1 aliphatic rings. The van der Waals surface area contributed by atoms with Gasteiger partial charge in [-0.25, -0.2) is 0 Å². The molecule has 1 aliphatic carbocycles. The summed E-state index contributed by atoms with van der Waals surface area (Å²) >= 11 is 6.17. The first-order valence-corrected chi connectivity index (χ1v) is 6.46. The van der Waals surface area contributed by atoms with Gasteiger partial charge in [-0.1, -0.05) is 17.7 Å². The molecule has 2 rings (SSSR count). The van der Waals surface area contributed by atoms with E-state index >= 15 is 0 Å². The van der Waals surface area contributed by atoms with Crippen LogP contribution in [0, 0.1) is 12.8 Å². The van der Waals surface area contributed by atoms with Crippen LogP contribution in [-0.4, -0.2) is 18.2 Å². The van der Waals surface area contributed by atoms with Crippen LogP contribution in [0.25, 0.3) is 0 Å². The number of halogens is 1. The molecular weight excluding hydrogens is 252 g/mol. The molecule has 1 atom stereocenters. The molecular formula is C14H17ClO3. The fourth-order valence-electron chi connectivity index (χ4n) is 2.46. The van der Waals surface area contributed by atoms with E-state index < -0.39 is 5.97 Å². The van der Waals surface area contributed by atoms with Gasteiger partial charge in [0.25, 0.3) is 0 Å². The Morgan fingerprint density at radius 3 is 2.72 bits per heavy atom. The van der Waals surface area contributed by atoms with Crippen molar-refractivity contribution in [3.8, 4) is 5.75 Å². The number of rotatable bonds is 5. The second kappa shape index (κ2) is 5.19. The molecule has 1 N–H and O–H groups in total. The first-order valence-electron chi connectivity index (χ1n) is 6.08. The molecule has 0 aromatic heterocycles. The first kappa shape index (κ1) is 13.2. The number of hydrogen-bond donors (Lipinski definition) is 1. The van der Waals surface area contributed by atoms with Crippen molar-refractivity contribution in [1.82, 2.24) is 0 Å². The van der Waals surface area contributed by atoms with Gasteiger partial charge in [0.1, 0.15) is 5.75 Å². The highest BCUT2D eigenvalue weighted by atomic mass is 35.5. The lowest BCUT2D eigenvalue weighted by molar-refractivity contribution is -0.137. The number of hydrogen-bond acceptors (Lipinski definition) is 2. The van der Waals surface area contributed by atoms with E-state index in [4.69, 9.17) is 21.4 Å². The zero-order valence-corrected chi connectivity index (χ0v) is 11.3. The lowest BCUT2D eigenvalue weighted by atomic mass is 9.89. The van der Waals surface area contributed by atoms with E-state index in [1.54, 1.807) is 7.11 Å². The third-order valence-corrected chi connectivity index (χ3v) is 3.69. The Balaban J connectivity index is 2.42. The van der Waals surface area contributed by atoms with Crippen LogP contribution in [-0.2, 0) is 4.79 Å². The highest BCUT2D eigenvalue weighted by Gasteiger charge is 2.35. The van der Waals surface area contributed by atoms with E-state index in [0.717, 1.165) is 24.0 Å². The summed E-state index contributed by atoms with van der Waals surface area (Å²) in [6.45, 7) is 1.96. The molecule has 0 radical (unpaired) electrons. The molecule has 1 saturated carbocycles. The fraction of sp³-hybridized carbons (Fsp3) is 0.500. The van der Waals surface area contributed by atoms with E-state index in [-0.39, 0.29) is 12.3 Å². The minimum atomic E-state index is -0.772. The predicted octanol–water partition coefficient (Wildman–Crippen LogP) is 3.63. The van der Waals surface area contributed by atoms with Crippen LogP contribution >= 0.6 is 11.6 Å². The lowest BCUT2D eigenvalue weighted by Gasteiger charge is -2.19. The van der Waals surface area contributed by atoms with Crippen molar-refractivity contribution in [1.29, 1.82) is 0 Å². The number of carboxylic acids is 1. The molecule has 0 amide bonds. The summed E-state index contributed by atoms with van der Waals surface area (Å²) in [4.78, 5) is 11.0. The normalized spacial score (nSPS) is 16.4. The van der Waals surface area contributed by atoms with Crippen molar-refractivity contribution in [3.05, 3.63) is 28.3 Å². The molecule has 1 aromatic carbocycles. The Morgan fingerprint density at radius 2 is 2.22 bits per heavy atom. The van der Waals surface area contributed by atoms with Crippen molar-refractivity contribution < 1.29 is 14.6 Å². The topological polar surface area (TPSA) is 46.5 Å². The van der Waals surface area contributed by atoms with E-state index in [9.17, 15) is 4.79 Å². The van der Waals surface area contributed by atoms with Crippen molar-refractivity contribution in [2.45, 2.75) is 32.1 Å². The van der Waals surface area contributed by atoms with E-state index in [0.29, 0.717) is 16.7 Å². The van der Waals surface area contributed by atoms with Crippen LogP contribution in [0.1, 0.15) is 36.3 Å². The number of carboxylic acid groups (broad SMARTS) is 1. The minimum Gasteiger partial charge on any atom is -0.495 e. The van der Waals surface area contributed by atoms with E-state index in [1.165, 1.54) is 0 Å². The molecule has 0 bridgehead atoms. The van der Waals surface area contributed by atoms with Gasteiger partial charge in [-0.2, -0.15) is 0 Å². The second-order valence-electron chi connectivity index (χ2n) is 4.91. The zero-order valence-electron chi connectivity index (χ0n) is 10.6. The largest absolute Gasteiger partial charge is 0.495 e. The molecule has 0 aliphatic heterocycles. The van der Waals surface area contributed by atoms with E-state index in [2.05, 4.69) is 0 Å². The van der Waals surface area contributed by atoms with Crippen molar-refractivity contribution >= 4 is 17.6 Å². The van der Waals surface area contributed by atoms with Crippen LogP contribution in [0.3, 0.4) is 0 Å². The van der Waals surface area contributed by atoms with Crippen LogP contribution in [0.2, 0.25) is 5.02 Å². The average molecular weight is 269 g/mol. The fourth-order valence-corrected chi connectivity index (χ4v) is 2.82. The highest BCUT2D eigenvalue weighted by Crippen LogP contribution is 2.48. The van der Waals surface area contributed by atoms with Crippen LogP contribution in [0.4, 0.5) is 0 Å². The maximum absolute atomic E-state index is 11.0. The summed E-state index contributed by atoms with van der Waals surface area (Å²) < 4.78 is 5.35. The molecule has 98 valence electrons. The summed E-state index contributed by atoms with van der Waals surface area (Å²) in [5.41, 5.74) is 1.97. The summed E-state index contributed by atoms with van der Waals surface area (Å²) in [5.74, 6) is 0.315. The van der Waals surface area contributed by atoms with Gasteiger partial charge in [-0.3, -0.25) is 4.79 Å². The smallest absolute Gasteiger partial charge is 0.303 e. The average Bonchev–Trinajstić information content (AvgIpc) is 3.08. The number of ether oxygens (including phenoxy) is 1. The Morgan fingerprint density at radius 1 is 1.56 bits per heavy atom. The summed E-state index contributed by atoms with van der Waals surface area (Å²) in [7, 11) is 1.57. The van der Waals surface area contributed by atoms with Gasteiger partial charge in [-0.15, -0.1) is 0 Å². The Bertz CT molecular complexity index is 466. The van der Waals surface area contributed by atoms with Crippen molar-refractivity contribution in [3.63, 3.8) is 0 Å². The highest BCUT2D eigenvalue weighted by molar-refractivity contribution is 6.32. The molecule has 0 spiro atoms. The molecule has 0 saturated heterocycles. The molecule has 18 heavy (non-hydrogen) atoms. The molecule has 3 nitrogen and oxygen atoms in total. The molecule has 0 heterocycles. The van der Waals surface area contributed by atoms with Crippen LogP contribution < -0.4 is 4.74 Å².